The molecule has 0 bridgehead atoms. The van der Waals surface area contributed by atoms with Gasteiger partial charge in [-0.25, -0.2) is 4.98 Å². The van der Waals surface area contributed by atoms with Gasteiger partial charge in [0.2, 0.25) is 5.91 Å². The fourth-order valence-electron chi connectivity index (χ4n) is 3.45. The zero-order valence-electron chi connectivity index (χ0n) is 15.7. The van der Waals surface area contributed by atoms with Gasteiger partial charge in [0.1, 0.15) is 10.6 Å². The van der Waals surface area contributed by atoms with E-state index in [0.29, 0.717) is 31.4 Å². The van der Waals surface area contributed by atoms with Crippen LogP contribution in [0.4, 0.5) is 5.69 Å². The number of thiophene rings is 1. The summed E-state index contributed by atoms with van der Waals surface area (Å²) >= 11 is 1.45. The van der Waals surface area contributed by atoms with Gasteiger partial charge >= 0.3 is 0 Å². The number of piperazine rings is 1. The van der Waals surface area contributed by atoms with Gasteiger partial charge in [0.25, 0.3) is 5.56 Å². The Morgan fingerprint density at radius 3 is 2.82 bits per heavy atom. The number of hydrogen-bond acceptors (Lipinski definition) is 6. The Morgan fingerprint density at radius 2 is 2.04 bits per heavy atom. The van der Waals surface area contributed by atoms with Crippen molar-refractivity contribution in [2.24, 2.45) is 0 Å². The summed E-state index contributed by atoms with van der Waals surface area (Å²) in [4.78, 5) is 34.2. The Kier molecular flexibility index (Phi) is 5.29. The molecule has 0 atom stereocenters. The maximum absolute atomic E-state index is 12.6. The second kappa shape index (κ2) is 8.02. The number of aryl methyl sites for hydroxylation is 1. The van der Waals surface area contributed by atoms with Crippen LogP contribution in [0.15, 0.2) is 46.8 Å². The first kappa shape index (κ1) is 18.5. The number of aromatic nitrogens is 2. The Labute approximate surface area is 166 Å². The quantitative estimate of drug-likeness (QED) is 0.659. The van der Waals surface area contributed by atoms with Gasteiger partial charge in [0.15, 0.2) is 0 Å². The van der Waals surface area contributed by atoms with Crippen LogP contribution < -0.4 is 15.2 Å². The lowest BCUT2D eigenvalue weighted by Crippen LogP contribution is -2.49. The minimum Gasteiger partial charge on any atom is -0.497 e. The molecular weight excluding hydrogens is 376 g/mol. The van der Waals surface area contributed by atoms with Crippen molar-refractivity contribution in [3.05, 3.63) is 52.4 Å². The van der Waals surface area contributed by atoms with Crippen molar-refractivity contribution in [2.75, 3.05) is 38.2 Å². The van der Waals surface area contributed by atoms with Crippen LogP contribution in [0.5, 0.6) is 5.75 Å². The Hall–Kier alpha value is -2.87. The molecular formula is C20H22N4O3S. The number of amides is 1. The fourth-order valence-corrected chi connectivity index (χ4v) is 4.17. The Bertz CT molecular complexity index is 1040. The lowest BCUT2D eigenvalue weighted by molar-refractivity contribution is -0.131. The molecule has 0 N–H and O–H groups in total. The van der Waals surface area contributed by atoms with E-state index in [1.807, 2.05) is 28.5 Å². The van der Waals surface area contributed by atoms with Crippen LogP contribution >= 0.6 is 11.3 Å². The average Bonchev–Trinajstić information content (AvgIpc) is 3.23. The molecule has 28 heavy (non-hydrogen) atoms. The number of methoxy groups -OCH3 is 1. The molecule has 0 unspecified atom stereocenters. The van der Waals surface area contributed by atoms with Gasteiger partial charge in [0, 0.05) is 50.9 Å². The van der Waals surface area contributed by atoms with Gasteiger partial charge in [-0.15, -0.1) is 11.3 Å². The standard InChI is InChI=1S/C20H22N4O3S/c1-27-16-4-2-3-15(13-16)22-8-10-23(11-9-22)18(25)5-7-24-14-21-19-17(20(24)26)6-12-28-19/h2-4,6,12-14H,5,7-11H2,1H3. The van der Waals surface area contributed by atoms with Crippen LogP contribution in [-0.2, 0) is 11.3 Å². The summed E-state index contributed by atoms with van der Waals surface area (Å²) < 4.78 is 6.81. The number of ether oxygens (including phenoxy) is 1. The van der Waals surface area contributed by atoms with Crippen molar-refractivity contribution in [1.82, 2.24) is 14.5 Å². The summed E-state index contributed by atoms with van der Waals surface area (Å²) in [5, 5.41) is 2.47. The number of anilines is 1. The molecule has 2 aromatic heterocycles. The second-order valence-electron chi connectivity index (χ2n) is 6.70. The first-order valence-corrected chi connectivity index (χ1v) is 10.1. The van der Waals surface area contributed by atoms with Gasteiger partial charge in [0.05, 0.1) is 18.8 Å². The van der Waals surface area contributed by atoms with Crippen LogP contribution in [0.1, 0.15) is 6.42 Å². The number of rotatable bonds is 5. The summed E-state index contributed by atoms with van der Waals surface area (Å²) in [6.07, 6.45) is 1.84. The van der Waals surface area contributed by atoms with Crippen LogP contribution in [0.2, 0.25) is 0 Å². The summed E-state index contributed by atoms with van der Waals surface area (Å²) in [6.45, 7) is 3.26. The summed E-state index contributed by atoms with van der Waals surface area (Å²) in [6, 6.07) is 9.75. The van der Waals surface area contributed by atoms with E-state index in [1.165, 1.54) is 22.2 Å². The number of fused-ring (bicyclic) bond motifs is 1. The third-order valence-electron chi connectivity index (χ3n) is 5.07. The van der Waals surface area contributed by atoms with E-state index in [1.54, 1.807) is 13.2 Å². The smallest absolute Gasteiger partial charge is 0.262 e. The van der Waals surface area contributed by atoms with Gasteiger partial charge in [-0.2, -0.15) is 0 Å². The van der Waals surface area contributed by atoms with Gasteiger partial charge < -0.3 is 14.5 Å². The number of carbonyl (C=O) groups excluding carboxylic acids is 1. The normalized spacial score (nSPS) is 14.5. The molecule has 8 heteroatoms. The first-order chi connectivity index (χ1) is 13.7. The highest BCUT2D eigenvalue weighted by Gasteiger charge is 2.21. The van der Waals surface area contributed by atoms with E-state index >= 15 is 0 Å². The minimum absolute atomic E-state index is 0.0719. The van der Waals surface area contributed by atoms with E-state index in [9.17, 15) is 9.59 Å². The van der Waals surface area contributed by atoms with Crippen molar-refractivity contribution < 1.29 is 9.53 Å². The molecule has 3 heterocycles. The number of benzene rings is 1. The highest BCUT2D eigenvalue weighted by Crippen LogP contribution is 2.22. The average molecular weight is 398 g/mol. The topological polar surface area (TPSA) is 67.7 Å². The Balaban J connectivity index is 1.33. The molecule has 7 nitrogen and oxygen atoms in total. The maximum atomic E-state index is 12.6. The summed E-state index contributed by atoms with van der Waals surface area (Å²) in [7, 11) is 1.66. The van der Waals surface area contributed by atoms with Crippen LogP contribution in [0.3, 0.4) is 0 Å². The molecule has 0 saturated carbocycles. The molecule has 1 aromatic carbocycles. The maximum Gasteiger partial charge on any atom is 0.262 e. The molecule has 1 aliphatic rings. The Morgan fingerprint density at radius 1 is 1.21 bits per heavy atom. The highest BCUT2D eigenvalue weighted by atomic mass is 32.1. The molecule has 1 amide bonds. The number of nitrogens with zero attached hydrogens (tertiary/aromatic N) is 4. The van der Waals surface area contributed by atoms with E-state index < -0.39 is 0 Å². The van der Waals surface area contributed by atoms with Gasteiger partial charge in [-0.1, -0.05) is 6.07 Å². The van der Waals surface area contributed by atoms with Crippen molar-refractivity contribution >= 4 is 33.1 Å². The third-order valence-corrected chi connectivity index (χ3v) is 5.89. The van der Waals surface area contributed by atoms with E-state index in [0.717, 1.165) is 29.4 Å². The summed E-state index contributed by atoms with van der Waals surface area (Å²) in [5.74, 6) is 0.903. The fraction of sp³-hybridized carbons (Fsp3) is 0.350. The number of carbonyl (C=O) groups is 1. The van der Waals surface area contributed by atoms with Gasteiger partial charge in [-0.3, -0.25) is 14.2 Å². The van der Waals surface area contributed by atoms with E-state index in [2.05, 4.69) is 16.0 Å². The molecule has 0 spiro atoms. The number of hydrogen-bond donors (Lipinski definition) is 0. The predicted molar refractivity (Wildman–Crippen MR) is 110 cm³/mol. The van der Waals surface area contributed by atoms with Crippen molar-refractivity contribution in [2.45, 2.75) is 13.0 Å². The van der Waals surface area contributed by atoms with Crippen molar-refractivity contribution in [3.8, 4) is 5.75 Å². The van der Waals surface area contributed by atoms with Crippen LogP contribution in [-0.4, -0.2) is 53.6 Å². The lowest BCUT2D eigenvalue weighted by Gasteiger charge is -2.36. The lowest BCUT2D eigenvalue weighted by atomic mass is 10.2. The molecule has 0 radical (unpaired) electrons. The first-order valence-electron chi connectivity index (χ1n) is 9.25. The molecule has 1 saturated heterocycles. The molecule has 4 rings (SSSR count). The van der Waals surface area contributed by atoms with Crippen LogP contribution in [0, 0.1) is 0 Å². The molecule has 1 fully saturated rings. The van der Waals surface area contributed by atoms with Crippen LogP contribution in [0.25, 0.3) is 10.2 Å². The molecule has 0 aliphatic carbocycles. The zero-order chi connectivity index (χ0) is 19.5. The molecule has 3 aromatic rings. The summed E-state index contributed by atoms with van der Waals surface area (Å²) in [5.41, 5.74) is 1.02. The SMILES string of the molecule is COc1cccc(N2CCN(C(=O)CCn3cnc4sccc4c3=O)CC2)c1. The van der Waals surface area contributed by atoms with E-state index in [-0.39, 0.29) is 11.5 Å². The van der Waals surface area contributed by atoms with Crippen molar-refractivity contribution in [1.29, 1.82) is 0 Å². The zero-order valence-corrected chi connectivity index (χ0v) is 16.5. The minimum atomic E-state index is -0.0816. The largest absolute Gasteiger partial charge is 0.497 e. The van der Waals surface area contributed by atoms with Crippen molar-refractivity contribution in [3.63, 3.8) is 0 Å². The third kappa shape index (κ3) is 3.73. The molecule has 146 valence electrons. The van der Waals surface area contributed by atoms with E-state index in [4.69, 9.17) is 4.74 Å². The highest BCUT2D eigenvalue weighted by molar-refractivity contribution is 7.16. The van der Waals surface area contributed by atoms with Gasteiger partial charge in [-0.05, 0) is 23.6 Å². The predicted octanol–water partition coefficient (Wildman–Crippen LogP) is 2.21. The molecule has 1 aliphatic heterocycles. The monoisotopic (exact) mass is 398 g/mol. The second-order valence-corrected chi connectivity index (χ2v) is 7.60.